The molecule has 3 rings (SSSR count). The Hall–Kier alpha value is -1.34. The molecule has 0 aliphatic heterocycles. The summed E-state index contributed by atoms with van der Waals surface area (Å²) >= 11 is 3.65. The molecule has 0 aromatic heterocycles. The average Bonchev–Trinajstić information content (AvgIpc) is 2.80. The first-order valence-electron chi connectivity index (χ1n) is 6.21. The molecule has 0 amide bonds. The highest BCUT2D eigenvalue weighted by molar-refractivity contribution is 9.10. The first kappa shape index (κ1) is 11.7. The van der Waals surface area contributed by atoms with Crippen molar-refractivity contribution in [1.82, 2.24) is 0 Å². The van der Waals surface area contributed by atoms with Gasteiger partial charge in [-0.2, -0.15) is 0 Å². The summed E-state index contributed by atoms with van der Waals surface area (Å²) in [6.45, 7) is 4.40. The molecule has 0 nitrogen and oxygen atoms in total. The van der Waals surface area contributed by atoms with Crippen LogP contribution in [0.25, 0.3) is 11.6 Å². The minimum absolute atomic E-state index is 1.05. The van der Waals surface area contributed by atoms with Gasteiger partial charge in [-0.15, -0.1) is 0 Å². The molecule has 1 aliphatic rings. The lowest BCUT2D eigenvalue weighted by Gasteiger charge is -2.07. The number of halogens is 1. The fourth-order valence-electron chi connectivity index (χ4n) is 2.64. The van der Waals surface area contributed by atoms with Crippen molar-refractivity contribution in [3.8, 4) is 0 Å². The third-order valence-corrected chi connectivity index (χ3v) is 4.41. The van der Waals surface area contributed by atoms with Crippen LogP contribution in [0.5, 0.6) is 0 Å². The van der Waals surface area contributed by atoms with Crippen LogP contribution in [0.3, 0.4) is 0 Å². The van der Waals surface area contributed by atoms with E-state index in [-0.39, 0.29) is 0 Å². The SMILES string of the molecule is Cc1ccc(C)c2c1C=C(c1ccccc1Br)C2. The lowest BCUT2D eigenvalue weighted by atomic mass is 9.98. The van der Waals surface area contributed by atoms with Gasteiger partial charge in [0.2, 0.25) is 0 Å². The second kappa shape index (κ2) is 4.40. The molecule has 0 N–H and O–H groups in total. The van der Waals surface area contributed by atoms with Gasteiger partial charge in [0.25, 0.3) is 0 Å². The van der Waals surface area contributed by atoms with E-state index in [0.29, 0.717) is 0 Å². The van der Waals surface area contributed by atoms with Crippen molar-refractivity contribution in [1.29, 1.82) is 0 Å². The average molecular weight is 299 g/mol. The molecule has 1 heteroatoms. The molecule has 0 radical (unpaired) electrons. The molecule has 0 saturated heterocycles. The molecule has 1 aliphatic carbocycles. The fraction of sp³-hybridized carbons (Fsp3) is 0.176. The molecule has 2 aromatic rings. The van der Waals surface area contributed by atoms with Crippen LogP contribution in [0.1, 0.15) is 27.8 Å². The Labute approximate surface area is 116 Å². The van der Waals surface area contributed by atoms with Crippen molar-refractivity contribution in [3.05, 3.63) is 68.7 Å². The van der Waals surface area contributed by atoms with Gasteiger partial charge in [-0.05, 0) is 59.7 Å². The van der Waals surface area contributed by atoms with E-state index in [2.05, 4.69) is 72.3 Å². The Morgan fingerprint density at radius 1 is 0.944 bits per heavy atom. The van der Waals surface area contributed by atoms with Crippen molar-refractivity contribution >= 4 is 27.6 Å². The molecule has 0 spiro atoms. The lowest BCUT2D eigenvalue weighted by Crippen LogP contribution is -1.91. The lowest BCUT2D eigenvalue weighted by molar-refractivity contribution is 1.22. The van der Waals surface area contributed by atoms with Crippen molar-refractivity contribution in [2.24, 2.45) is 0 Å². The van der Waals surface area contributed by atoms with Crippen LogP contribution in [0.15, 0.2) is 40.9 Å². The van der Waals surface area contributed by atoms with E-state index in [9.17, 15) is 0 Å². The second-order valence-electron chi connectivity index (χ2n) is 4.92. The van der Waals surface area contributed by atoms with Gasteiger partial charge in [-0.3, -0.25) is 0 Å². The Bertz CT molecular complexity index is 651. The van der Waals surface area contributed by atoms with Crippen LogP contribution < -0.4 is 0 Å². The number of aryl methyl sites for hydroxylation is 2. The Morgan fingerprint density at radius 3 is 2.39 bits per heavy atom. The summed E-state index contributed by atoms with van der Waals surface area (Å²) in [4.78, 5) is 0. The van der Waals surface area contributed by atoms with Crippen molar-refractivity contribution < 1.29 is 0 Å². The van der Waals surface area contributed by atoms with Crippen LogP contribution >= 0.6 is 15.9 Å². The number of fused-ring (bicyclic) bond motifs is 1. The third-order valence-electron chi connectivity index (χ3n) is 3.71. The minimum Gasteiger partial charge on any atom is -0.0616 e. The van der Waals surface area contributed by atoms with Gasteiger partial charge in [0, 0.05) is 4.47 Å². The standard InChI is InChI=1S/C17H15Br/c1-11-7-8-12(2)16-10-13(9-15(11)16)14-5-3-4-6-17(14)18/h3-9H,10H2,1-2H3. The summed E-state index contributed by atoms with van der Waals surface area (Å²) in [5.74, 6) is 0. The Balaban J connectivity index is 2.11. The van der Waals surface area contributed by atoms with Gasteiger partial charge in [0.1, 0.15) is 0 Å². The second-order valence-corrected chi connectivity index (χ2v) is 5.77. The number of hydrogen-bond acceptors (Lipinski definition) is 0. The topological polar surface area (TPSA) is 0 Å². The number of allylic oxidation sites excluding steroid dienone is 1. The molecule has 0 fully saturated rings. The fourth-order valence-corrected chi connectivity index (χ4v) is 3.18. The summed E-state index contributed by atoms with van der Waals surface area (Å²) in [6.07, 6.45) is 3.39. The van der Waals surface area contributed by atoms with Crippen molar-refractivity contribution in [2.75, 3.05) is 0 Å². The van der Waals surface area contributed by atoms with Crippen LogP contribution in [0.2, 0.25) is 0 Å². The van der Waals surface area contributed by atoms with Gasteiger partial charge in [0.15, 0.2) is 0 Å². The predicted octanol–water partition coefficient (Wildman–Crippen LogP) is 5.16. The smallest absolute Gasteiger partial charge is 0.0250 e. The van der Waals surface area contributed by atoms with E-state index in [1.54, 1.807) is 0 Å². The highest BCUT2D eigenvalue weighted by Gasteiger charge is 2.18. The zero-order valence-corrected chi connectivity index (χ0v) is 12.2. The zero-order chi connectivity index (χ0) is 12.7. The maximum Gasteiger partial charge on any atom is 0.0250 e. The van der Waals surface area contributed by atoms with Crippen molar-refractivity contribution in [3.63, 3.8) is 0 Å². The monoisotopic (exact) mass is 298 g/mol. The predicted molar refractivity (Wildman–Crippen MR) is 81.6 cm³/mol. The van der Waals surface area contributed by atoms with E-state index < -0.39 is 0 Å². The van der Waals surface area contributed by atoms with E-state index in [1.807, 2.05) is 0 Å². The van der Waals surface area contributed by atoms with Gasteiger partial charge in [0.05, 0.1) is 0 Å². The summed E-state index contributed by atoms with van der Waals surface area (Å²) in [6, 6.07) is 12.9. The maximum absolute atomic E-state index is 3.65. The molecule has 2 aromatic carbocycles. The quantitative estimate of drug-likeness (QED) is 0.682. The van der Waals surface area contributed by atoms with E-state index in [0.717, 1.165) is 6.42 Å². The third kappa shape index (κ3) is 1.83. The molecule has 0 heterocycles. The van der Waals surface area contributed by atoms with E-state index in [4.69, 9.17) is 0 Å². The maximum atomic E-state index is 3.65. The molecule has 18 heavy (non-hydrogen) atoms. The van der Waals surface area contributed by atoms with E-state index in [1.165, 1.54) is 37.9 Å². The highest BCUT2D eigenvalue weighted by Crippen LogP contribution is 2.37. The normalized spacial score (nSPS) is 13.4. The van der Waals surface area contributed by atoms with Crippen molar-refractivity contribution in [2.45, 2.75) is 20.3 Å². The zero-order valence-electron chi connectivity index (χ0n) is 10.6. The molecule has 90 valence electrons. The Kier molecular flexibility index (Phi) is 2.87. The van der Waals surface area contributed by atoms with Gasteiger partial charge >= 0.3 is 0 Å². The first-order chi connectivity index (χ1) is 8.66. The number of rotatable bonds is 1. The molecule has 0 saturated carbocycles. The number of hydrogen-bond donors (Lipinski definition) is 0. The van der Waals surface area contributed by atoms with Gasteiger partial charge in [-0.1, -0.05) is 52.3 Å². The van der Waals surface area contributed by atoms with Crippen LogP contribution in [-0.4, -0.2) is 0 Å². The molecule has 0 bridgehead atoms. The summed E-state index contributed by atoms with van der Waals surface area (Å²) in [5.41, 5.74) is 8.40. The molecular formula is C17H15Br. The minimum atomic E-state index is 1.05. The largest absolute Gasteiger partial charge is 0.0616 e. The Morgan fingerprint density at radius 2 is 1.67 bits per heavy atom. The van der Waals surface area contributed by atoms with Crippen LogP contribution in [0, 0.1) is 13.8 Å². The number of benzene rings is 2. The van der Waals surface area contributed by atoms with Crippen LogP contribution in [-0.2, 0) is 6.42 Å². The van der Waals surface area contributed by atoms with E-state index >= 15 is 0 Å². The van der Waals surface area contributed by atoms with Gasteiger partial charge < -0.3 is 0 Å². The molecule has 0 unspecified atom stereocenters. The van der Waals surface area contributed by atoms with Gasteiger partial charge in [-0.25, -0.2) is 0 Å². The molecule has 0 atom stereocenters. The molecular weight excluding hydrogens is 284 g/mol. The summed E-state index contributed by atoms with van der Waals surface area (Å²) < 4.78 is 1.18. The summed E-state index contributed by atoms with van der Waals surface area (Å²) in [7, 11) is 0. The summed E-state index contributed by atoms with van der Waals surface area (Å²) in [5, 5.41) is 0. The first-order valence-corrected chi connectivity index (χ1v) is 7.00. The highest BCUT2D eigenvalue weighted by atomic mass is 79.9. The van der Waals surface area contributed by atoms with Crippen LogP contribution in [0.4, 0.5) is 0 Å².